The zero-order chi connectivity index (χ0) is 20.9. The third-order valence-corrected chi connectivity index (χ3v) is 6.80. The first kappa shape index (κ1) is 18.9. The lowest BCUT2D eigenvalue weighted by Gasteiger charge is -2.51. The van der Waals surface area contributed by atoms with E-state index in [1.807, 2.05) is 37.3 Å². The number of carbonyl (C=O) groups excluding carboxylic acids is 3. The monoisotopic (exact) mass is 403 g/mol. The number of para-hydroxylation sites is 1. The van der Waals surface area contributed by atoms with Crippen LogP contribution in [0.25, 0.3) is 0 Å². The first-order chi connectivity index (χ1) is 14.5. The van der Waals surface area contributed by atoms with Gasteiger partial charge in [-0.15, -0.1) is 0 Å². The Morgan fingerprint density at radius 3 is 2.53 bits per heavy atom. The van der Waals surface area contributed by atoms with Crippen molar-refractivity contribution < 1.29 is 14.4 Å². The third kappa shape index (κ3) is 2.66. The van der Waals surface area contributed by atoms with Crippen molar-refractivity contribution in [3.05, 3.63) is 59.7 Å². The maximum atomic E-state index is 14.0. The number of fused-ring (bicyclic) bond motifs is 4. The van der Waals surface area contributed by atoms with Crippen LogP contribution in [0.4, 0.5) is 16.2 Å². The zero-order valence-corrected chi connectivity index (χ0v) is 17.1. The number of urea groups is 1. The molecule has 0 aliphatic carbocycles. The van der Waals surface area contributed by atoms with Gasteiger partial charge in [-0.3, -0.25) is 14.9 Å². The SMILES string of the molecule is Cc1ccc(N2C(=O)NC(=O)[C@@]3(Cc4ccccc4N4CCCCC[C@@H]43)C2=O)cc1. The van der Waals surface area contributed by atoms with Gasteiger partial charge in [-0.1, -0.05) is 48.7 Å². The van der Waals surface area contributed by atoms with Crippen molar-refractivity contribution in [2.45, 2.75) is 45.1 Å². The summed E-state index contributed by atoms with van der Waals surface area (Å²) in [5, 5.41) is 2.52. The van der Waals surface area contributed by atoms with E-state index in [0.29, 0.717) is 12.1 Å². The number of imide groups is 2. The van der Waals surface area contributed by atoms with E-state index in [1.165, 1.54) is 0 Å². The molecule has 2 aromatic rings. The number of barbiturate groups is 1. The minimum atomic E-state index is -1.31. The summed E-state index contributed by atoms with van der Waals surface area (Å²) >= 11 is 0. The fourth-order valence-electron chi connectivity index (χ4n) is 5.30. The fraction of sp³-hybridized carbons (Fsp3) is 0.375. The van der Waals surface area contributed by atoms with Gasteiger partial charge in [0.1, 0.15) is 0 Å². The van der Waals surface area contributed by atoms with E-state index in [-0.39, 0.29) is 6.04 Å². The van der Waals surface area contributed by atoms with Crippen LogP contribution in [0, 0.1) is 12.3 Å². The number of aryl methyl sites for hydroxylation is 1. The van der Waals surface area contributed by atoms with Gasteiger partial charge in [0, 0.05) is 12.2 Å². The Bertz CT molecular complexity index is 1030. The van der Waals surface area contributed by atoms with Gasteiger partial charge in [-0.25, -0.2) is 9.69 Å². The van der Waals surface area contributed by atoms with Crippen LogP contribution in [0.2, 0.25) is 0 Å². The lowest BCUT2D eigenvalue weighted by Crippen LogP contribution is -2.72. The molecule has 2 saturated heterocycles. The molecule has 2 atom stereocenters. The molecule has 0 radical (unpaired) electrons. The van der Waals surface area contributed by atoms with Crippen LogP contribution in [0.15, 0.2) is 48.5 Å². The number of amides is 4. The Hall–Kier alpha value is -3.15. The first-order valence-corrected chi connectivity index (χ1v) is 10.6. The van der Waals surface area contributed by atoms with Crippen molar-refractivity contribution in [1.82, 2.24) is 5.32 Å². The van der Waals surface area contributed by atoms with E-state index in [2.05, 4.69) is 16.3 Å². The maximum absolute atomic E-state index is 14.0. The van der Waals surface area contributed by atoms with Crippen molar-refractivity contribution in [2.24, 2.45) is 5.41 Å². The molecule has 154 valence electrons. The molecule has 2 fully saturated rings. The summed E-state index contributed by atoms with van der Waals surface area (Å²) in [7, 11) is 0. The molecular weight excluding hydrogens is 378 g/mol. The summed E-state index contributed by atoms with van der Waals surface area (Å²) in [5.74, 6) is -0.876. The molecule has 3 aliphatic rings. The predicted octanol–water partition coefficient (Wildman–Crippen LogP) is 3.57. The van der Waals surface area contributed by atoms with E-state index < -0.39 is 23.3 Å². The summed E-state index contributed by atoms with van der Waals surface area (Å²) in [6, 6.07) is 14.3. The van der Waals surface area contributed by atoms with E-state index >= 15 is 0 Å². The molecule has 30 heavy (non-hydrogen) atoms. The van der Waals surface area contributed by atoms with Gasteiger partial charge >= 0.3 is 6.03 Å². The molecule has 1 spiro atoms. The van der Waals surface area contributed by atoms with Crippen LogP contribution in [0.5, 0.6) is 0 Å². The second-order valence-corrected chi connectivity index (χ2v) is 8.57. The smallest absolute Gasteiger partial charge is 0.335 e. The van der Waals surface area contributed by atoms with Crippen molar-refractivity contribution in [1.29, 1.82) is 0 Å². The minimum Gasteiger partial charge on any atom is -0.367 e. The van der Waals surface area contributed by atoms with Crippen LogP contribution >= 0.6 is 0 Å². The first-order valence-electron chi connectivity index (χ1n) is 10.6. The molecule has 1 N–H and O–H groups in total. The van der Waals surface area contributed by atoms with Crippen molar-refractivity contribution in [3.8, 4) is 0 Å². The van der Waals surface area contributed by atoms with Gasteiger partial charge in [-0.2, -0.15) is 0 Å². The quantitative estimate of drug-likeness (QED) is 0.739. The van der Waals surface area contributed by atoms with Gasteiger partial charge in [-0.05, 0) is 49.9 Å². The standard InChI is InChI=1S/C24H25N3O3/c1-16-10-12-18(13-11-16)27-22(29)24(21(28)25-23(27)30)15-17-7-4-5-8-19(17)26-14-6-2-3-9-20(24)26/h4-5,7-8,10-13,20H,2-3,6,9,14-15H2,1H3,(H,25,28,30)/t20-,24+/m1/s1. The van der Waals surface area contributed by atoms with E-state index in [4.69, 9.17) is 0 Å². The molecule has 0 aromatic heterocycles. The van der Waals surface area contributed by atoms with Crippen LogP contribution < -0.4 is 15.1 Å². The number of anilines is 2. The highest BCUT2D eigenvalue weighted by atomic mass is 16.2. The lowest BCUT2D eigenvalue weighted by atomic mass is 9.67. The average Bonchev–Trinajstić information content (AvgIpc) is 3.00. The van der Waals surface area contributed by atoms with Gasteiger partial charge in [0.25, 0.3) is 5.91 Å². The van der Waals surface area contributed by atoms with Gasteiger partial charge in [0.2, 0.25) is 5.91 Å². The van der Waals surface area contributed by atoms with Crippen molar-refractivity contribution >= 4 is 29.2 Å². The normalized spacial score (nSPS) is 26.2. The van der Waals surface area contributed by atoms with E-state index in [0.717, 1.165) is 53.9 Å². The van der Waals surface area contributed by atoms with Crippen LogP contribution in [0.3, 0.4) is 0 Å². The molecule has 0 unspecified atom stereocenters. The average molecular weight is 403 g/mol. The Morgan fingerprint density at radius 2 is 1.73 bits per heavy atom. The molecule has 6 nitrogen and oxygen atoms in total. The van der Waals surface area contributed by atoms with E-state index in [1.54, 1.807) is 12.1 Å². The highest BCUT2D eigenvalue weighted by Crippen LogP contribution is 2.47. The molecule has 5 rings (SSSR count). The molecule has 0 saturated carbocycles. The molecule has 3 heterocycles. The number of hydrogen-bond donors (Lipinski definition) is 1. The number of nitrogens with one attached hydrogen (secondary N) is 1. The number of rotatable bonds is 1. The molecule has 4 amide bonds. The second-order valence-electron chi connectivity index (χ2n) is 8.57. The maximum Gasteiger partial charge on any atom is 0.335 e. The van der Waals surface area contributed by atoms with Crippen LogP contribution in [0.1, 0.15) is 36.8 Å². The number of nitrogens with zero attached hydrogens (tertiary/aromatic N) is 2. The highest BCUT2D eigenvalue weighted by Gasteiger charge is 2.62. The molecule has 6 heteroatoms. The fourth-order valence-corrected chi connectivity index (χ4v) is 5.30. The highest BCUT2D eigenvalue weighted by molar-refractivity contribution is 6.30. The predicted molar refractivity (Wildman–Crippen MR) is 114 cm³/mol. The van der Waals surface area contributed by atoms with Crippen molar-refractivity contribution in [3.63, 3.8) is 0 Å². The topological polar surface area (TPSA) is 69.7 Å². The van der Waals surface area contributed by atoms with Gasteiger partial charge in [0.15, 0.2) is 5.41 Å². The lowest BCUT2D eigenvalue weighted by molar-refractivity contribution is -0.144. The minimum absolute atomic E-state index is 0.261. The molecule has 3 aliphatic heterocycles. The number of carbonyl (C=O) groups is 3. The zero-order valence-electron chi connectivity index (χ0n) is 17.1. The Balaban J connectivity index is 1.66. The second kappa shape index (κ2) is 6.97. The number of hydrogen-bond acceptors (Lipinski definition) is 4. The summed E-state index contributed by atoms with van der Waals surface area (Å²) in [5.41, 5.74) is 2.31. The van der Waals surface area contributed by atoms with Crippen molar-refractivity contribution in [2.75, 3.05) is 16.3 Å². The summed E-state index contributed by atoms with van der Waals surface area (Å²) in [6.07, 6.45) is 4.12. The third-order valence-electron chi connectivity index (χ3n) is 6.80. The van der Waals surface area contributed by atoms with Gasteiger partial charge in [0.05, 0.1) is 11.7 Å². The number of benzene rings is 2. The summed E-state index contributed by atoms with van der Waals surface area (Å²) in [4.78, 5) is 43.6. The Morgan fingerprint density at radius 1 is 0.967 bits per heavy atom. The van der Waals surface area contributed by atoms with Gasteiger partial charge < -0.3 is 4.90 Å². The largest absolute Gasteiger partial charge is 0.367 e. The summed E-state index contributed by atoms with van der Waals surface area (Å²) in [6.45, 7) is 2.76. The Kier molecular flexibility index (Phi) is 4.38. The Labute approximate surface area is 175 Å². The summed E-state index contributed by atoms with van der Waals surface area (Å²) < 4.78 is 0. The molecule has 0 bridgehead atoms. The van der Waals surface area contributed by atoms with Crippen LogP contribution in [-0.2, 0) is 16.0 Å². The van der Waals surface area contributed by atoms with Crippen LogP contribution in [-0.4, -0.2) is 30.4 Å². The molecule has 2 aromatic carbocycles. The van der Waals surface area contributed by atoms with E-state index in [9.17, 15) is 14.4 Å². The molecular formula is C24H25N3O3.